The molecule has 16 heavy (non-hydrogen) atoms. The van der Waals surface area contributed by atoms with Gasteiger partial charge in [0, 0.05) is 6.42 Å². The summed E-state index contributed by atoms with van der Waals surface area (Å²) in [6.45, 7) is -0.212. The van der Waals surface area contributed by atoms with Crippen LogP contribution in [0.15, 0.2) is 0 Å². The van der Waals surface area contributed by atoms with E-state index in [4.69, 9.17) is 5.11 Å². The van der Waals surface area contributed by atoms with Gasteiger partial charge < -0.3 is 14.9 Å². The molecule has 1 atom stereocenters. The predicted octanol–water partition coefficient (Wildman–Crippen LogP) is 0.857. The number of aliphatic hydroxyl groups excluding tert-OH is 2. The molecule has 0 radical (unpaired) electrons. The minimum atomic E-state index is -0.646. The van der Waals surface area contributed by atoms with Gasteiger partial charge in [0.25, 0.3) is 0 Å². The number of methoxy groups -OCH3 is 1. The number of esters is 1. The fraction of sp³-hybridized carbons (Fsp3) is 0.750. The largest absolute Gasteiger partial charge is 0.469 e. The SMILES string of the molecule is COC(=O)CCCCCCC(O)C#CCO. The smallest absolute Gasteiger partial charge is 0.305 e. The first-order valence-electron chi connectivity index (χ1n) is 5.54. The maximum Gasteiger partial charge on any atom is 0.305 e. The van der Waals surface area contributed by atoms with E-state index < -0.39 is 6.10 Å². The van der Waals surface area contributed by atoms with E-state index in [1.807, 2.05) is 0 Å². The van der Waals surface area contributed by atoms with Crippen molar-refractivity contribution >= 4 is 5.97 Å². The van der Waals surface area contributed by atoms with E-state index in [0.717, 1.165) is 25.7 Å². The van der Waals surface area contributed by atoms with E-state index in [2.05, 4.69) is 16.6 Å². The first-order valence-corrected chi connectivity index (χ1v) is 5.54. The van der Waals surface area contributed by atoms with Crippen LogP contribution in [0.1, 0.15) is 38.5 Å². The molecule has 0 aliphatic heterocycles. The normalized spacial score (nSPS) is 11.4. The van der Waals surface area contributed by atoms with Crippen molar-refractivity contribution in [3.8, 4) is 11.8 Å². The van der Waals surface area contributed by atoms with Gasteiger partial charge in [0.1, 0.15) is 12.7 Å². The minimum absolute atomic E-state index is 0.172. The standard InChI is InChI=1S/C12H20O4/c1-16-12(15)9-5-3-2-4-7-11(14)8-6-10-13/h11,13-14H,2-5,7,9-10H2,1H3. The summed E-state index contributed by atoms with van der Waals surface area (Å²) in [5.41, 5.74) is 0. The van der Waals surface area contributed by atoms with E-state index in [0.29, 0.717) is 12.8 Å². The number of carbonyl (C=O) groups excluding carboxylic acids is 1. The number of hydrogen-bond acceptors (Lipinski definition) is 4. The van der Waals surface area contributed by atoms with Crippen LogP contribution in [0.4, 0.5) is 0 Å². The summed E-state index contributed by atoms with van der Waals surface area (Å²) in [4.78, 5) is 10.8. The van der Waals surface area contributed by atoms with Crippen molar-refractivity contribution in [3.63, 3.8) is 0 Å². The second-order valence-electron chi connectivity index (χ2n) is 3.52. The molecule has 1 unspecified atom stereocenters. The summed E-state index contributed by atoms with van der Waals surface area (Å²) in [6, 6.07) is 0. The van der Waals surface area contributed by atoms with Crippen LogP contribution in [-0.4, -0.2) is 36.0 Å². The van der Waals surface area contributed by atoms with Crippen LogP contribution in [0.5, 0.6) is 0 Å². The van der Waals surface area contributed by atoms with Gasteiger partial charge in [-0.15, -0.1) is 0 Å². The van der Waals surface area contributed by atoms with Crippen LogP contribution < -0.4 is 0 Å². The number of aliphatic hydroxyl groups is 2. The quantitative estimate of drug-likeness (QED) is 0.385. The molecule has 0 aliphatic carbocycles. The molecule has 0 fully saturated rings. The van der Waals surface area contributed by atoms with Crippen molar-refractivity contribution in [2.75, 3.05) is 13.7 Å². The Morgan fingerprint density at radius 1 is 1.31 bits per heavy atom. The fourth-order valence-corrected chi connectivity index (χ4v) is 1.30. The summed E-state index contributed by atoms with van der Waals surface area (Å²) in [5.74, 6) is 4.78. The third-order valence-corrected chi connectivity index (χ3v) is 2.18. The number of unbranched alkanes of at least 4 members (excludes halogenated alkanes) is 3. The lowest BCUT2D eigenvalue weighted by Gasteiger charge is -2.03. The predicted molar refractivity (Wildman–Crippen MR) is 60.6 cm³/mol. The minimum Gasteiger partial charge on any atom is -0.469 e. The van der Waals surface area contributed by atoms with Gasteiger partial charge in [-0.05, 0) is 19.3 Å². The lowest BCUT2D eigenvalue weighted by atomic mass is 10.1. The molecule has 2 N–H and O–H groups in total. The zero-order chi connectivity index (χ0) is 12.2. The summed E-state index contributed by atoms with van der Waals surface area (Å²) in [5, 5.41) is 17.7. The molecule has 0 bridgehead atoms. The molecule has 0 aromatic carbocycles. The Balaban J connectivity index is 3.30. The zero-order valence-corrected chi connectivity index (χ0v) is 9.74. The van der Waals surface area contributed by atoms with E-state index in [9.17, 15) is 9.90 Å². The third-order valence-electron chi connectivity index (χ3n) is 2.18. The van der Waals surface area contributed by atoms with E-state index >= 15 is 0 Å². The van der Waals surface area contributed by atoms with E-state index in [1.165, 1.54) is 7.11 Å². The summed E-state index contributed by atoms with van der Waals surface area (Å²) >= 11 is 0. The van der Waals surface area contributed by atoms with Crippen LogP contribution in [0, 0.1) is 11.8 Å². The van der Waals surface area contributed by atoms with Gasteiger partial charge >= 0.3 is 5.97 Å². The summed E-state index contributed by atoms with van der Waals surface area (Å²) in [6.07, 6.45) is 4.06. The molecule has 0 amide bonds. The maximum atomic E-state index is 10.8. The first kappa shape index (κ1) is 14.9. The number of rotatable bonds is 7. The van der Waals surface area contributed by atoms with Gasteiger partial charge in [-0.25, -0.2) is 0 Å². The Bertz CT molecular complexity index is 239. The molecule has 0 aliphatic rings. The summed E-state index contributed by atoms with van der Waals surface area (Å²) in [7, 11) is 1.39. The van der Waals surface area contributed by atoms with Crippen molar-refractivity contribution in [2.45, 2.75) is 44.6 Å². The molecule has 92 valence electrons. The molecule has 4 heteroatoms. The molecular weight excluding hydrogens is 208 g/mol. The second-order valence-corrected chi connectivity index (χ2v) is 3.52. The highest BCUT2D eigenvalue weighted by Crippen LogP contribution is 2.07. The average molecular weight is 228 g/mol. The fourth-order valence-electron chi connectivity index (χ4n) is 1.30. The second kappa shape index (κ2) is 10.5. The lowest BCUT2D eigenvalue weighted by molar-refractivity contribution is -0.140. The van der Waals surface area contributed by atoms with Crippen molar-refractivity contribution < 1.29 is 19.7 Å². The maximum absolute atomic E-state index is 10.8. The van der Waals surface area contributed by atoms with E-state index in [1.54, 1.807) is 0 Å². The van der Waals surface area contributed by atoms with Gasteiger partial charge in [-0.2, -0.15) is 0 Å². The van der Waals surface area contributed by atoms with Gasteiger partial charge in [-0.3, -0.25) is 4.79 Å². The van der Waals surface area contributed by atoms with Crippen molar-refractivity contribution in [2.24, 2.45) is 0 Å². The van der Waals surface area contributed by atoms with Crippen molar-refractivity contribution in [1.29, 1.82) is 0 Å². The topological polar surface area (TPSA) is 66.8 Å². The molecular formula is C12H20O4. The van der Waals surface area contributed by atoms with Crippen LogP contribution in [0.3, 0.4) is 0 Å². The number of carbonyl (C=O) groups is 1. The van der Waals surface area contributed by atoms with Gasteiger partial charge in [0.05, 0.1) is 7.11 Å². The highest BCUT2D eigenvalue weighted by Gasteiger charge is 2.01. The highest BCUT2D eigenvalue weighted by atomic mass is 16.5. The van der Waals surface area contributed by atoms with Gasteiger partial charge in [0.15, 0.2) is 0 Å². The molecule has 0 aromatic heterocycles. The van der Waals surface area contributed by atoms with Gasteiger partial charge in [-0.1, -0.05) is 24.7 Å². The average Bonchev–Trinajstić information content (AvgIpc) is 2.30. The monoisotopic (exact) mass is 228 g/mol. The lowest BCUT2D eigenvalue weighted by Crippen LogP contribution is -2.03. The third kappa shape index (κ3) is 9.50. The number of ether oxygens (including phenoxy) is 1. The van der Waals surface area contributed by atoms with Crippen molar-refractivity contribution in [3.05, 3.63) is 0 Å². The van der Waals surface area contributed by atoms with Crippen LogP contribution >= 0.6 is 0 Å². The molecule has 4 nitrogen and oxygen atoms in total. The molecule has 0 aromatic rings. The molecule has 0 saturated carbocycles. The molecule has 0 heterocycles. The molecule has 0 saturated heterocycles. The Morgan fingerprint density at radius 2 is 2.00 bits per heavy atom. The van der Waals surface area contributed by atoms with Crippen LogP contribution in [0.2, 0.25) is 0 Å². The Hall–Kier alpha value is -1.05. The zero-order valence-electron chi connectivity index (χ0n) is 9.74. The van der Waals surface area contributed by atoms with Crippen LogP contribution in [-0.2, 0) is 9.53 Å². The Morgan fingerprint density at radius 3 is 2.62 bits per heavy atom. The molecule has 0 spiro atoms. The Kier molecular flexibility index (Phi) is 9.78. The van der Waals surface area contributed by atoms with Gasteiger partial charge in [0.2, 0.25) is 0 Å². The first-order chi connectivity index (χ1) is 7.70. The highest BCUT2D eigenvalue weighted by molar-refractivity contribution is 5.68. The Labute approximate surface area is 96.6 Å². The number of hydrogen-bond donors (Lipinski definition) is 2. The molecule has 0 rings (SSSR count). The summed E-state index contributed by atoms with van der Waals surface area (Å²) < 4.78 is 4.52. The van der Waals surface area contributed by atoms with Crippen molar-refractivity contribution in [1.82, 2.24) is 0 Å². The van der Waals surface area contributed by atoms with Crippen LogP contribution in [0.25, 0.3) is 0 Å². The van der Waals surface area contributed by atoms with E-state index in [-0.39, 0.29) is 12.6 Å².